The zero-order valence-corrected chi connectivity index (χ0v) is 12.2. The van der Waals surface area contributed by atoms with Crippen molar-refractivity contribution in [1.29, 1.82) is 0 Å². The molecule has 0 radical (unpaired) electrons. The quantitative estimate of drug-likeness (QED) is 0.672. The second-order valence-corrected chi connectivity index (χ2v) is 5.94. The van der Waals surface area contributed by atoms with Crippen LogP contribution in [0.15, 0.2) is 65.7 Å². The van der Waals surface area contributed by atoms with E-state index in [0.717, 1.165) is 6.07 Å². The molecule has 114 valence electrons. The number of aromatic nitrogens is 1. The van der Waals surface area contributed by atoms with Crippen molar-refractivity contribution in [2.24, 2.45) is 5.14 Å². The van der Waals surface area contributed by atoms with Crippen LogP contribution in [-0.4, -0.2) is 24.5 Å². The van der Waals surface area contributed by atoms with Crippen LogP contribution in [0, 0.1) is 0 Å². The third kappa shape index (κ3) is 3.72. The molecule has 1 heterocycles. The number of hydrogen-bond donors (Lipinski definition) is 3. The molecule has 0 unspecified atom stereocenters. The lowest BCUT2D eigenvalue weighted by molar-refractivity contribution is 0.0692. The molecule has 0 amide bonds. The van der Waals surface area contributed by atoms with E-state index in [1.165, 1.54) is 29.1 Å². The molecule has 4 N–H and O–H groups in total. The topological polar surface area (TPSA) is 113 Å². The number of benzene rings is 2. The van der Waals surface area contributed by atoms with Crippen molar-refractivity contribution in [1.82, 2.24) is 4.98 Å². The van der Waals surface area contributed by atoms with Crippen LogP contribution in [0.3, 0.4) is 0 Å². The highest BCUT2D eigenvalue weighted by Gasteiger charge is 2.17. The number of carboxylic acids is 1. The fraction of sp³-hybridized carbons (Fsp3) is 0. The number of nitrogens with one attached hydrogen (secondary N) is 1. The third-order valence-corrected chi connectivity index (χ3v) is 3.86. The van der Waals surface area contributed by atoms with Crippen molar-refractivity contribution in [3.8, 4) is 0 Å². The molecule has 2 aromatic carbocycles. The van der Waals surface area contributed by atoms with Gasteiger partial charge in [-0.2, -0.15) is 0 Å². The van der Waals surface area contributed by atoms with Crippen molar-refractivity contribution in [3.63, 3.8) is 0 Å². The van der Waals surface area contributed by atoms with Crippen molar-refractivity contribution in [2.45, 2.75) is 4.90 Å². The molecule has 22 heavy (non-hydrogen) atoms. The maximum absolute atomic E-state index is 10.9. The number of aromatic carboxylic acids is 1. The van der Waals surface area contributed by atoms with Gasteiger partial charge in [-0.3, -0.25) is 0 Å². The Morgan fingerprint density at radius 1 is 1.00 bits per heavy atom. The van der Waals surface area contributed by atoms with Crippen LogP contribution in [0.1, 0.15) is 10.4 Å². The number of para-hydroxylation sites is 1. The summed E-state index contributed by atoms with van der Waals surface area (Å²) in [5, 5.41) is 14.7. The Morgan fingerprint density at radius 2 is 1.64 bits per heavy atom. The Kier molecular flexibility index (Phi) is 4.59. The predicted octanol–water partition coefficient (Wildman–Crippen LogP) is 2.20. The van der Waals surface area contributed by atoms with Crippen molar-refractivity contribution < 1.29 is 18.3 Å². The number of sulfonamides is 1. The highest BCUT2D eigenvalue weighted by atomic mass is 32.2. The van der Waals surface area contributed by atoms with E-state index >= 15 is 0 Å². The molecule has 3 rings (SSSR count). The number of primary sulfonamides is 1. The number of H-pyrrole nitrogens is 1. The van der Waals surface area contributed by atoms with Crippen LogP contribution in [-0.2, 0) is 10.0 Å². The van der Waals surface area contributed by atoms with Crippen molar-refractivity contribution >= 4 is 26.9 Å². The zero-order valence-electron chi connectivity index (χ0n) is 11.4. The minimum Gasteiger partial charge on any atom is -0.478 e. The molecule has 0 bridgehead atoms. The van der Waals surface area contributed by atoms with Gasteiger partial charge in [0.05, 0.1) is 10.5 Å². The smallest absolute Gasteiger partial charge is 0.337 e. The van der Waals surface area contributed by atoms with Gasteiger partial charge < -0.3 is 10.1 Å². The summed E-state index contributed by atoms with van der Waals surface area (Å²) in [6.07, 6.45) is 1.95. The fourth-order valence-corrected chi connectivity index (χ4v) is 2.62. The number of rotatable bonds is 2. The fourth-order valence-electron chi connectivity index (χ4n) is 1.89. The van der Waals surface area contributed by atoms with Gasteiger partial charge in [-0.15, -0.1) is 0 Å². The molecule has 1 aromatic heterocycles. The maximum Gasteiger partial charge on any atom is 0.337 e. The van der Waals surface area contributed by atoms with E-state index in [1.807, 2.05) is 18.3 Å². The lowest BCUT2D eigenvalue weighted by atomic mass is 10.2. The second-order valence-electron chi connectivity index (χ2n) is 4.41. The average molecular weight is 318 g/mol. The van der Waals surface area contributed by atoms with E-state index in [0.29, 0.717) is 0 Å². The summed E-state index contributed by atoms with van der Waals surface area (Å²) in [6.45, 7) is 0. The van der Waals surface area contributed by atoms with Crippen LogP contribution in [0.2, 0.25) is 0 Å². The SMILES string of the molecule is NS(=O)(=O)c1ccccc1C(=O)O.c1ccc2[nH]ccc2c1. The Labute approximate surface area is 127 Å². The number of carboxylic acid groups (broad SMARTS) is 1. The first-order valence-electron chi connectivity index (χ1n) is 6.27. The normalized spacial score (nSPS) is 10.8. The number of fused-ring (bicyclic) bond motifs is 1. The molecule has 6 nitrogen and oxygen atoms in total. The summed E-state index contributed by atoms with van der Waals surface area (Å²) in [5.74, 6) is -1.32. The van der Waals surface area contributed by atoms with Crippen molar-refractivity contribution in [2.75, 3.05) is 0 Å². The molecule has 0 spiro atoms. The first-order chi connectivity index (χ1) is 10.4. The van der Waals surface area contributed by atoms with Gasteiger partial charge in [-0.25, -0.2) is 18.4 Å². The van der Waals surface area contributed by atoms with Gasteiger partial charge in [0.15, 0.2) is 0 Å². The summed E-state index contributed by atoms with van der Waals surface area (Å²) >= 11 is 0. The molecule has 0 aliphatic rings. The van der Waals surface area contributed by atoms with E-state index < -0.39 is 16.0 Å². The Bertz CT molecular complexity index is 870. The summed E-state index contributed by atoms with van der Waals surface area (Å²) in [5.41, 5.74) is 0.891. The van der Waals surface area contributed by atoms with Crippen molar-refractivity contribution in [3.05, 3.63) is 66.4 Å². The third-order valence-electron chi connectivity index (χ3n) is 2.89. The van der Waals surface area contributed by atoms with E-state index in [4.69, 9.17) is 10.2 Å². The summed E-state index contributed by atoms with van der Waals surface area (Å²) in [7, 11) is -3.96. The molecule has 3 aromatic rings. The van der Waals surface area contributed by atoms with Gasteiger partial charge in [-0.05, 0) is 29.7 Å². The Balaban J connectivity index is 0.000000170. The van der Waals surface area contributed by atoms with Crippen LogP contribution in [0.5, 0.6) is 0 Å². The second kappa shape index (κ2) is 6.42. The molecule has 0 atom stereocenters. The average Bonchev–Trinajstić information content (AvgIpc) is 2.95. The van der Waals surface area contributed by atoms with E-state index in [-0.39, 0.29) is 10.5 Å². The monoisotopic (exact) mass is 318 g/mol. The van der Waals surface area contributed by atoms with Crippen LogP contribution < -0.4 is 5.14 Å². The zero-order chi connectivity index (χ0) is 16.2. The largest absolute Gasteiger partial charge is 0.478 e. The minimum atomic E-state index is -3.96. The van der Waals surface area contributed by atoms with E-state index in [9.17, 15) is 13.2 Å². The minimum absolute atomic E-state index is 0.315. The van der Waals surface area contributed by atoms with Gasteiger partial charge >= 0.3 is 5.97 Å². The Hall–Kier alpha value is -2.64. The number of aromatic amines is 1. The van der Waals surface area contributed by atoms with Crippen LogP contribution in [0.25, 0.3) is 10.9 Å². The number of nitrogens with two attached hydrogens (primary N) is 1. The number of carbonyl (C=O) groups is 1. The molecular weight excluding hydrogens is 304 g/mol. The lowest BCUT2D eigenvalue weighted by Crippen LogP contribution is -2.16. The van der Waals surface area contributed by atoms with E-state index in [1.54, 1.807) is 0 Å². The maximum atomic E-state index is 10.9. The highest BCUT2D eigenvalue weighted by molar-refractivity contribution is 7.89. The summed E-state index contributed by atoms with van der Waals surface area (Å²) < 4.78 is 21.7. The highest BCUT2D eigenvalue weighted by Crippen LogP contribution is 2.13. The predicted molar refractivity (Wildman–Crippen MR) is 83.1 cm³/mol. The van der Waals surface area contributed by atoms with E-state index in [2.05, 4.69) is 23.2 Å². The van der Waals surface area contributed by atoms with Gasteiger partial charge in [0.25, 0.3) is 0 Å². The molecule has 0 fully saturated rings. The first kappa shape index (κ1) is 15.7. The Morgan fingerprint density at radius 3 is 2.23 bits per heavy atom. The molecule has 7 heteroatoms. The number of hydrogen-bond acceptors (Lipinski definition) is 3. The van der Waals surface area contributed by atoms with Gasteiger partial charge in [0, 0.05) is 11.7 Å². The molecule has 0 saturated heterocycles. The first-order valence-corrected chi connectivity index (χ1v) is 7.81. The van der Waals surface area contributed by atoms with Gasteiger partial charge in [-0.1, -0.05) is 30.3 Å². The molecule has 0 aliphatic heterocycles. The van der Waals surface area contributed by atoms with Crippen LogP contribution in [0.4, 0.5) is 0 Å². The summed E-state index contributed by atoms with van der Waals surface area (Å²) in [4.78, 5) is 13.3. The standard InChI is InChI=1S/C8H7N.C7H7NO4S/c1-2-4-8-7(3-1)5-6-9-8;8-13(11,12)6-4-2-1-3-5(6)7(9)10/h1-6,9H;1-4H,(H,9,10)(H2,8,11,12). The molecule has 0 aliphatic carbocycles. The van der Waals surface area contributed by atoms with Gasteiger partial charge in [0.2, 0.25) is 10.0 Å². The van der Waals surface area contributed by atoms with Crippen LogP contribution >= 0.6 is 0 Å². The molecule has 0 saturated carbocycles. The molecular formula is C15H14N2O4S. The lowest BCUT2D eigenvalue weighted by Gasteiger charge is -2.01. The van der Waals surface area contributed by atoms with Gasteiger partial charge in [0.1, 0.15) is 0 Å². The summed E-state index contributed by atoms with van der Waals surface area (Å²) in [6, 6.07) is 15.5.